The van der Waals surface area contributed by atoms with Crippen molar-refractivity contribution in [3.05, 3.63) is 59.2 Å². The molecule has 6 nitrogen and oxygen atoms in total. The number of hydrogen-bond acceptors (Lipinski definition) is 4. The van der Waals surface area contributed by atoms with Gasteiger partial charge in [0.2, 0.25) is 0 Å². The largest absolute Gasteiger partial charge is 0.481 e. The van der Waals surface area contributed by atoms with Gasteiger partial charge in [-0.15, -0.1) is 0 Å². The number of nitrogens with zero attached hydrogens (tertiary/aromatic N) is 1. The smallest absolute Gasteiger partial charge is 0.331 e. The molecule has 2 aliphatic rings. The SMILES string of the molecule is CC1(C(=O)O)C=CC=C(C(=O)O)C1.ON=C1CCc2ccccc21. The predicted molar refractivity (Wildman–Crippen MR) is 88.3 cm³/mol. The third-order valence-corrected chi connectivity index (χ3v) is 4.16. The van der Waals surface area contributed by atoms with Gasteiger partial charge in [-0.3, -0.25) is 4.79 Å². The Hall–Kier alpha value is -2.89. The molecular weight excluding hydrogens is 310 g/mol. The fourth-order valence-corrected chi connectivity index (χ4v) is 2.70. The van der Waals surface area contributed by atoms with Crippen LogP contribution in [0.15, 0.2) is 53.2 Å². The lowest BCUT2D eigenvalue weighted by Crippen LogP contribution is -2.28. The van der Waals surface area contributed by atoms with Gasteiger partial charge in [-0.05, 0) is 31.7 Å². The molecule has 0 radical (unpaired) electrons. The number of benzene rings is 1. The van der Waals surface area contributed by atoms with Gasteiger partial charge in [0.05, 0.1) is 11.1 Å². The summed E-state index contributed by atoms with van der Waals surface area (Å²) < 4.78 is 0. The lowest BCUT2D eigenvalue weighted by Gasteiger charge is -2.23. The first-order valence-corrected chi connectivity index (χ1v) is 7.51. The monoisotopic (exact) mass is 329 g/mol. The van der Waals surface area contributed by atoms with E-state index in [4.69, 9.17) is 15.4 Å². The maximum absolute atomic E-state index is 10.8. The number of carbonyl (C=O) groups is 2. The molecule has 0 aliphatic heterocycles. The maximum Gasteiger partial charge on any atom is 0.331 e. The van der Waals surface area contributed by atoms with Crippen LogP contribution in [0.3, 0.4) is 0 Å². The van der Waals surface area contributed by atoms with E-state index in [-0.39, 0.29) is 12.0 Å². The number of fused-ring (bicyclic) bond motifs is 1. The van der Waals surface area contributed by atoms with E-state index < -0.39 is 17.4 Å². The van der Waals surface area contributed by atoms with Crippen LogP contribution in [-0.2, 0) is 16.0 Å². The summed E-state index contributed by atoms with van der Waals surface area (Å²) in [6.07, 6.45) is 6.31. The Morgan fingerprint density at radius 1 is 1.17 bits per heavy atom. The molecule has 0 saturated heterocycles. The standard InChI is InChI=1S/C9H9NO.C9H10O4/c11-10-9-6-5-7-3-1-2-4-8(7)9;1-9(8(12)13)4-2-3-6(5-9)7(10)11/h1-4,11H,5-6H2;2-4H,5H2,1H3,(H,10,11)(H,12,13). The number of aryl methyl sites for hydroxylation is 1. The summed E-state index contributed by atoms with van der Waals surface area (Å²) in [6, 6.07) is 8.05. The van der Waals surface area contributed by atoms with E-state index in [0.29, 0.717) is 0 Å². The molecule has 0 fully saturated rings. The van der Waals surface area contributed by atoms with Crippen molar-refractivity contribution in [2.75, 3.05) is 0 Å². The van der Waals surface area contributed by atoms with Crippen molar-refractivity contribution >= 4 is 17.7 Å². The van der Waals surface area contributed by atoms with Gasteiger partial charge in [-0.1, -0.05) is 47.6 Å². The van der Waals surface area contributed by atoms with Gasteiger partial charge in [-0.25, -0.2) is 4.79 Å². The molecule has 0 spiro atoms. The molecule has 0 bridgehead atoms. The molecule has 3 rings (SSSR count). The van der Waals surface area contributed by atoms with Crippen molar-refractivity contribution in [2.45, 2.75) is 26.2 Å². The number of oxime groups is 1. The van der Waals surface area contributed by atoms with Crippen LogP contribution in [0.2, 0.25) is 0 Å². The highest BCUT2D eigenvalue weighted by molar-refractivity contribution is 6.04. The van der Waals surface area contributed by atoms with Gasteiger partial charge >= 0.3 is 11.9 Å². The molecule has 1 atom stereocenters. The van der Waals surface area contributed by atoms with Crippen LogP contribution in [-0.4, -0.2) is 33.1 Å². The molecule has 126 valence electrons. The summed E-state index contributed by atoms with van der Waals surface area (Å²) in [5.74, 6) is -2.06. The first-order chi connectivity index (χ1) is 11.4. The number of allylic oxidation sites excluding steroid dienone is 2. The van der Waals surface area contributed by atoms with Crippen molar-refractivity contribution < 1.29 is 25.0 Å². The average molecular weight is 329 g/mol. The first kappa shape index (κ1) is 17.5. The van der Waals surface area contributed by atoms with E-state index in [0.717, 1.165) is 24.1 Å². The third-order valence-electron chi connectivity index (χ3n) is 4.16. The highest BCUT2D eigenvalue weighted by Gasteiger charge is 2.34. The molecule has 24 heavy (non-hydrogen) atoms. The van der Waals surface area contributed by atoms with Crippen molar-refractivity contribution in [1.29, 1.82) is 0 Å². The molecule has 0 heterocycles. The molecule has 0 aromatic heterocycles. The Morgan fingerprint density at radius 3 is 2.50 bits per heavy atom. The molecule has 1 unspecified atom stereocenters. The zero-order valence-corrected chi connectivity index (χ0v) is 13.3. The fraction of sp³-hybridized carbons (Fsp3) is 0.278. The summed E-state index contributed by atoms with van der Waals surface area (Å²) in [7, 11) is 0. The maximum atomic E-state index is 10.8. The Kier molecular flexibility index (Phi) is 5.18. The second kappa shape index (κ2) is 7.12. The summed E-state index contributed by atoms with van der Waals surface area (Å²) in [5.41, 5.74) is 2.27. The quantitative estimate of drug-likeness (QED) is 0.571. The van der Waals surface area contributed by atoms with Crippen LogP contribution < -0.4 is 0 Å². The van der Waals surface area contributed by atoms with E-state index in [1.54, 1.807) is 0 Å². The van der Waals surface area contributed by atoms with Crippen LogP contribution >= 0.6 is 0 Å². The summed E-state index contributed by atoms with van der Waals surface area (Å²) in [6.45, 7) is 1.50. The third kappa shape index (κ3) is 3.71. The zero-order valence-electron chi connectivity index (χ0n) is 13.3. The molecule has 1 aromatic carbocycles. The lowest BCUT2D eigenvalue weighted by atomic mass is 9.80. The van der Waals surface area contributed by atoms with Crippen molar-refractivity contribution in [3.63, 3.8) is 0 Å². The molecule has 2 aliphatic carbocycles. The zero-order chi connectivity index (χ0) is 17.7. The van der Waals surface area contributed by atoms with Gasteiger partial charge in [0, 0.05) is 11.1 Å². The Morgan fingerprint density at radius 2 is 1.88 bits per heavy atom. The summed E-state index contributed by atoms with van der Waals surface area (Å²) in [4.78, 5) is 21.3. The average Bonchev–Trinajstić information content (AvgIpc) is 2.98. The van der Waals surface area contributed by atoms with Crippen molar-refractivity contribution in [3.8, 4) is 0 Å². The second-order valence-electron chi connectivity index (χ2n) is 5.96. The Labute approximate surface area is 139 Å². The molecule has 1 aromatic rings. The number of rotatable bonds is 2. The Balaban J connectivity index is 0.000000175. The molecular formula is C18H19NO5. The number of aliphatic carboxylic acids is 2. The van der Waals surface area contributed by atoms with E-state index >= 15 is 0 Å². The van der Waals surface area contributed by atoms with Crippen LogP contribution in [0, 0.1) is 5.41 Å². The Bertz CT molecular complexity index is 748. The molecule has 0 amide bonds. The lowest BCUT2D eigenvalue weighted by molar-refractivity contribution is -0.145. The summed E-state index contributed by atoms with van der Waals surface area (Å²) in [5, 5.41) is 29.3. The van der Waals surface area contributed by atoms with Crippen LogP contribution in [0.1, 0.15) is 30.9 Å². The normalized spacial score (nSPS) is 23.0. The van der Waals surface area contributed by atoms with Crippen LogP contribution in [0.25, 0.3) is 0 Å². The minimum Gasteiger partial charge on any atom is -0.481 e. The minimum absolute atomic E-state index is 0.0359. The number of carboxylic acid groups (broad SMARTS) is 2. The number of carboxylic acids is 2. The van der Waals surface area contributed by atoms with Gasteiger partial charge in [0.15, 0.2) is 0 Å². The van der Waals surface area contributed by atoms with Gasteiger partial charge < -0.3 is 15.4 Å². The molecule has 6 heteroatoms. The van der Waals surface area contributed by atoms with Crippen LogP contribution in [0.4, 0.5) is 0 Å². The highest BCUT2D eigenvalue weighted by Crippen LogP contribution is 2.31. The van der Waals surface area contributed by atoms with E-state index in [1.165, 1.54) is 30.7 Å². The summed E-state index contributed by atoms with van der Waals surface area (Å²) >= 11 is 0. The van der Waals surface area contributed by atoms with Gasteiger partial charge in [0.1, 0.15) is 0 Å². The number of hydrogen-bond donors (Lipinski definition) is 3. The second-order valence-corrected chi connectivity index (χ2v) is 5.96. The predicted octanol–water partition coefficient (Wildman–Crippen LogP) is 2.86. The van der Waals surface area contributed by atoms with E-state index in [9.17, 15) is 9.59 Å². The van der Waals surface area contributed by atoms with E-state index in [1.807, 2.05) is 18.2 Å². The molecule has 0 saturated carbocycles. The van der Waals surface area contributed by atoms with Gasteiger partial charge in [0.25, 0.3) is 0 Å². The van der Waals surface area contributed by atoms with Crippen molar-refractivity contribution in [1.82, 2.24) is 0 Å². The van der Waals surface area contributed by atoms with Gasteiger partial charge in [-0.2, -0.15) is 0 Å². The van der Waals surface area contributed by atoms with E-state index in [2.05, 4.69) is 11.2 Å². The minimum atomic E-state index is -1.08. The van der Waals surface area contributed by atoms with Crippen LogP contribution in [0.5, 0.6) is 0 Å². The van der Waals surface area contributed by atoms with Crippen molar-refractivity contribution in [2.24, 2.45) is 10.6 Å². The topological polar surface area (TPSA) is 107 Å². The first-order valence-electron chi connectivity index (χ1n) is 7.51. The highest BCUT2D eigenvalue weighted by atomic mass is 16.4. The fourth-order valence-electron chi connectivity index (χ4n) is 2.70. The molecule has 3 N–H and O–H groups in total.